The van der Waals surface area contributed by atoms with Gasteiger partial charge in [-0.3, -0.25) is 0 Å². The molecule has 49 heavy (non-hydrogen) atoms. The van der Waals surface area contributed by atoms with Crippen LogP contribution in [0.4, 0.5) is 17.1 Å². The maximum atomic E-state index is 2.39. The van der Waals surface area contributed by atoms with Crippen molar-refractivity contribution in [1.29, 1.82) is 0 Å². The van der Waals surface area contributed by atoms with Gasteiger partial charge in [-0.2, -0.15) is 0 Å². The van der Waals surface area contributed by atoms with E-state index < -0.39 is 0 Å². The smallest absolute Gasteiger partial charge is 0.0468 e. The van der Waals surface area contributed by atoms with Crippen molar-refractivity contribution in [2.75, 3.05) is 4.90 Å². The zero-order valence-electron chi connectivity index (χ0n) is 26.5. The highest BCUT2D eigenvalue weighted by Gasteiger charge is 2.16. The first-order valence-corrected chi connectivity index (χ1v) is 18.2. The summed E-state index contributed by atoms with van der Waals surface area (Å²) in [7, 11) is 0. The van der Waals surface area contributed by atoms with Gasteiger partial charge >= 0.3 is 0 Å². The van der Waals surface area contributed by atoms with E-state index in [2.05, 4.69) is 181 Å². The Hall–Kier alpha value is -5.74. The molecule has 0 N–H and O–H groups in total. The minimum Gasteiger partial charge on any atom is -0.310 e. The molecule has 0 aliphatic carbocycles. The van der Waals surface area contributed by atoms with Crippen LogP contribution in [0.2, 0.25) is 0 Å². The van der Waals surface area contributed by atoms with Gasteiger partial charge in [-0.05, 0) is 87.6 Å². The number of hydrogen-bond acceptors (Lipinski definition) is 3. The fourth-order valence-corrected chi connectivity index (χ4v) is 9.56. The Kier molecular flexibility index (Phi) is 6.61. The van der Waals surface area contributed by atoms with Gasteiger partial charge < -0.3 is 4.90 Å². The van der Waals surface area contributed by atoms with Crippen LogP contribution >= 0.6 is 22.7 Å². The first kappa shape index (κ1) is 28.3. The predicted molar refractivity (Wildman–Crippen MR) is 215 cm³/mol. The maximum Gasteiger partial charge on any atom is 0.0468 e. The zero-order chi connectivity index (χ0) is 32.3. The number of hydrogen-bond donors (Lipinski definition) is 0. The summed E-state index contributed by atoms with van der Waals surface area (Å²) in [6, 6.07) is 64.4. The number of thiophene rings is 2. The molecule has 0 saturated heterocycles. The largest absolute Gasteiger partial charge is 0.310 e. The normalized spacial score (nSPS) is 11.7. The van der Waals surface area contributed by atoms with Crippen molar-refractivity contribution in [1.82, 2.24) is 0 Å². The summed E-state index contributed by atoms with van der Waals surface area (Å²) in [5, 5.41) is 7.75. The van der Waals surface area contributed by atoms with Crippen molar-refractivity contribution < 1.29 is 0 Å². The van der Waals surface area contributed by atoms with Crippen molar-refractivity contribution in [3.63, 3.8) is 0 Å². The van der Waals surface area contributed by atoms with Crippen LogP contribution in [0.15, 0.2) is 176 Å². The summed E-state index contributed by atoms with van der Waals surface area (Å²) in [4.78, 5) is 2.39. The summed E-state index contributed by atoms with van der Waals surface area (Å²) in [5.74, 6) is 0. The van der Waals surface area contributed by atoms with Gasteiger partial charge in [-0.1, -0.05) is 121 Å². The number of anilines is 3. The highest BCUT2D eigenvalue weighted by atomic mass is 32.1. The molecule has 10 aromatic rings. The van der Waals surface area contributed by atoms with E-state index in [1.807, 2.05) is 22.7 Å². The molecule has 0 aliphatic heterocycles. The Balaban J connectivity index is 1.03. The first-order chi connectivity index (χ1) is 24.3. The Morgan fingerprint density at radius 1 is 0.327 bits per heavy atom. The van der Waals surface area contributed by atoms with Crippen LogP contribution in [0.5, 0.6) is 0 Å². The van der Waals surface area contributed by atoms with E-state index in [4.69, 9.17) is 0 Å². The number of nitrogens with zero attached hydrogens (tertiary/aromatic N) is 1. The van der Waals surface area contributed by atoms with E-state index in [1.54, 1.807) is 0 Å². The van der Waals surface area contributed by atoms with Crippen molar-refractivity contribution in [2.45, 2.75) is 0 Å². The topological polar surface area (TPSA) is 3.24 Å². The molecule has 0 bridgehead atoms. The molecule has 3 heteroatoms. The third kappa shape index (κ3) is 4.82. The van der Waals surface area contributed by atoms with E-state index in [-0.39, 0.29) is 0 Å². The molecule has 0 spiro atoms. The van der Waals surface area contributed by atoms with Gasteiger partial charge in [0.2, 0.25) is 0 Å². The third-order valence-electron chi connectivity index (χ3n) is 9.67. The lowest BCUT2D eigenvalue weighted by molar-refractivity contribution is 1.30. The van der Waals surface area contributed by atoms with Gasteiger partial charge in [-0.25, -0.2) is 0 Å². The zero-order valence-corrected chi connectivity index (χ0v) is 28.1. The lowest BCUT2D eigenvalue weighted by Crippen LogP contribution is -2.09. The molecule has 0 aliphatic rings. The Morgan fingerprint density at radius 2 is 0.878 bits per heavy atom. The maximum absolute atomic E-state index is 2.39. The van der Waals surface area contributed by atoms with Crippen LogP contribution < -0.4 is 4.90 Å². The molecular weight excluding hydrogens is 631 g/mol. The highest BCUT2D eigenvalue weighted by Crippen LogP contribution is 2.43. The molecule has 0 fully saturated rings. The molecular formula is C46H29NS2. The van der Waals surface area contributed by atoms with Crippen LogP contribution in [0.1, 0.15) is 0 Å². The summed E-state index contributed by atoms with van der Waals surface area (Å²) in [6.45, 7) is 0. The van der Waals surface area contributed by atoms with Gasteiger partial charge in [0.05, 0.1) is 0 Å². The minimum atomic E-state index is 1.13. The van der Waals surface area contributed by atoms with Gasteiger partial charge in [0.15, 0.2) is 0 Å². The minimum absolute atomic E-state index is 1.13. The van der Waals surface area contributed by atoms with Gasteiger partial charge in [0.1, 0.15) is 0 Å². The van der Waals surface area contributed by atoms with Gasteiger partial charge in [0.25, 0.3) is 0 Å². The average molecular weight is 660 g/mol. The second-order valence-corrected chi connectivity index (χ2v) is 14.7. The molecule has 2 aromatic heterocycles. The van der Waals surface area contributed by atoms with Crippen LogP contribution in [0, 0.1) is 0 Å². The average Bonchev–Trinajstić information content (AvgIpc) is 3.74. The molecule has 0 atom stereocenters. The van der Waals surface area contributed by atoms with Crippen molar-refractivity contribution in [2.24, 2.45) is 0 Å². The SMILES string of the molecule is c1ccc2cc(N(c3ccc(-c4ccc(-c5cccc6c5sc5ccccc56)cc4)cc3)c3ccc4sc5ccccc5c4c3)ccc2c1. The Morgan fingerprint density at radius 3 is 1.67 bits per heavy atom. The van der Waals surface area contributed by atoms with E-state index in [0.29, 0.717) is 0 Å². The van der Waals surface area contributed by atoms with E-state index >= 15 is 0 Å². The monoisotopic (exact) mass is 659 g/mol. The van der Waals surface area contributed by atoms with Crippen LogP contribution in [0.25, 0.3) is 73.4 Å². The summed E-state index contributed by atoms with van der Waals surface area (Å²) >= 11 is 3.74. The number of fused-ring (bicyclic) bond motifs is 7. The van der Waals surface area contributed by atoms with Crippen molar-refractivity contribution in [3.8, 4) is 22.3 Å². The molecule has 2 heterocycles. The molecule has 0 saturated carbocycles. The molecule has 0 radical (unpaired) electrons. The molecule has 0 amide bonds. The van der Waals surface area contributed by atoms with Crippen molar-refractivity contribution >= 4 is 90.9 Å². The quantitative estimate of drug-likeness (QED) is 0.178. The third-order valence-corrected chi connectivity index (χ3v) is 12.0. The van der Waals surface area contributed by atoms with E-state index in [1.165, 1.54) is 73.4 Å². The summed E-state index contributed by atoms with van der Waals surface area (Å²) < 4.78 is 5.32. The summed E-state index contributed by atoms with van der Waals surface area (Å²) in [5.41, 5.74) is 8.38. The van der Waals surface area contributed by atoms with Crippen LogP contribution in [0.3, 0.4) is 0 Å². The Bertz CT molecular complexity index is 2820. The van der Waals surface area contributed by atoms with Crippen molar-refractivity contribution in [3.05, 3.63) is 176 Å². The Labute approximate surface area is 292 Å². The second kappa shape index (κ2) is 11.5. The summed E-state index contributed by atoms with van der Waals surface area (Å²) in [6.07, 6.45) is 0. The van der Waals surface area contributed by atoms with E-state index in [0.717, 1.165) is 17.1 Å². The number of benzene rings is 8. The fraction of sp³-hybridized carbons (Fsp3) is 0. The van der Waals surface area contributed by atoms with Crippen LogP contribution in [-0.2, 0) is 0 Å². The fourth-order valence-electron chi connectivity index (χ4n) is 7.24. The first-order valence-electron chi connectivity index (χ1n) is 16.6. The molecule has 1 nitrogen and oxygen atoms in total. The van der Waals surface area contributed by atoms with Gasteiger partial charge in [0, 0.05) is 57.4 Å². The molecule has 10 rings (SSSR count). The van der Waals surface area contributed by atoms with Gasteiger partial charge in [-0.15, -0.1) is 22.7 Å². The second-order valence-electron chi connectivity index (χ2n) is 12.6. The standard InChI is InChI=1S/C46H29NS2/c1-2-9-34-28-36(25-22-30(34)8-1)47(37-26-27-45-42(29-37)40-11-4-5-14-43(40)48-45)35-23-20-32(21-24-35)31-16-18-33(19-17-31)38-12-7-13-41-39-10-3-6-15-44(39)49-46(38)41/h1-29H. The molecule has 230 valence electrons. The number of rotatable bonds is 5. The van der Waals surface area contributed by atoms with E-state index in [9.17, 15) is 0 Å². The lowest BCUT2D eigenvalue weighted by atomic mass is 9.99. The highest BCUT2D eigenvalue weighted by molar-refractivity contribution is 7.26. The molecule has 8 aromatic carbocycles. The molecule has 0 unspecified atom stereocenters. The van der Waals surface area contributed by atoms with Crippen LogP contribution in [-0.4, -0.2) is 0 Å². The predicted octanol–water partition coefficient (Wildman–Crippen LogP) is 14.4. The lowest BCUT2D eigenvalue weighted by Gasteiger charge is -2.26.